The van der Waals surface area contributed by atoms with Gasteiger partial charge in [0.05, 0.1) is 0 Å². The quantitative estimate of drug-likeness (QED) is 0.773. The lowest BCUT2D eigenvalue weighted by molar-refractivity contribution is 0.588. The third kappa shape index (κ3) is 2.66. The second-order valence-electron chi connectivity index (χ2n) is 7.72. The van der Waals surface area contributed by atoms with Gasteiger partial charge >= 0.3 is 0 Å². The van der Waals surface area contributed by atoms with Gasteiger partial charge in [-0.3, -0.25) is 0 Å². The molecule has 0 saturated carbocycles. The van der Waals surface area contributed by atoms with E-state index in [0.717, 1.165) is 5.56 Å². The summed E-state index contributed by atoms with van der Waals surface area (Å²) in [6.07, 6.45) is 6.00. The average Bonchev–Trinajstić information content (AvgIpc) is 2.96. The molecule has 0 amide bonds. The van der Waals surface area contributed by atoms with E-state index < -0.39 is 0 Å². The lowest BCUT2D eigenvalue weighted by Gasteiger charge is -2.31. The van der Waals surface area contributed by atoms with E-state index in [2.05, 4.69) is 88.3 Å². The Kier molecular flexibility index (Phi) is 4.08. The monoisotopic (exact) mass is 318 g/mol. The Morgan fingerprint density at radius 2 is 1.71 bits per heavy atom. The first-order valence-corrected chi connectivity index (χ1v) is 8.47. The van der Waals surface area contributed by atoms with Crippen LogP contribution in [0.3, 0.4) is 0 Å². The number of benzene rings is 2. The highest BCUT2D eigenvalue weighted by molar-refractivity contribution is 5.87. The van der Waals surface area contributed by atoms with Crippen LogP contribution in [0.1, 0.15) is 54.5 Å². The molecule has 0 saturated heterocycles. The molecule has 2 heteroatoms. The van der Waals surface area contributed by atoms with Crippen molar-refractivity contribution in [2.75, 3.05) is 19.0 Å². The summed E-state index contributed by atoms with van der Waals surface area (Å²) in [5, 5.41) is 8.12. The maximum Gasteiger partial charge on any atom is 0.0405 e. The van der Waals surface area contributed by atoms with Crippen molar-refractivity contribution in [2.45, 2.75) is 32.1 Å². The minimum absolute atomic E-state index is 0.0235. The third-order valence-electron chi connectivity index (χ3n) is 4.77. The Hall–Kier alpha value is -2.35. The molecular weight excluding hydrogens is 292 g/mol. The molecule has 0 bridgehead atoms. The molecule has 1 aliphatic carbocycles. The minimum atomic E-state index is -0.0235. The van der Waals surface area contributed by atoms with Crippen LogP contribution in [-0.2, 0) is 5.41 Å². The van der Waals surface area contributed by atoms with Gasteiger partial charge in [-0.15, -0.1) is 0 Å². The van der Waals surface area contributed by atoms with E-state index in [4.69, 9.17) is 5.41 Å². The Morgan fingerprint density at radius 3 is 2.33 bits per heavy atom. The first kappa shape index (κ1) is 16.5. The summed E-state index contributed by atoms with van der Waals surface area (Å²) in [7, 11) is 4.14. The van der Waals surface area contributed by atoms with Crippen molar-refractivity contribution < 1.29 is 0 Å². The van der Waals surface area contributed by atoms with Gasteiger partial charge in [0.1, 0.15) is 0 Å². The van der Waals surface area contributed by atoms with E-state index in [1.165, 1.54) is 34.2 Å². The van der Waals surface area contributed by atoms with Gasteiger partial charge in [0.15, 0.2) is 0 Å². The molecule has 1 N–H and O–H groups in total. The van der Waals surface area contributed by atoms with Crippen molar-refractivity contribution in [2.24, 2.45) is 0 Å². The van der Waals surface area contributed by atoms with E-state index in [0.29, 0.717) is 0 Å². The topological polar surface area (TPSA) is 27.1 Å². The summed E-state index contributed by atoms with van der Waals surface area (Å²) in [5.41, 5.74) is 7.31. The lowest BCUT2D eigenvalue weighted by Crippen LogP contribution is -2.22. The molecule has 0 heterocycles. The van der Waals surface area contributed by atoms with Crippen molar-refractivity contribution >= 4 is 18.0 Å². The summed E-state index contributed by atoms with van der Waals surface area (Å²) < 4.78 is 0. The van der Waals surface area contributed by atoms with Gasteiger partial charge in [0, 0.05) is 37.5 Å². The molecule has 24 heavy (non-hydrogen) atoms. The number of hydrogen-bond donors (Lipinski definition) is 1. The molecule has 0 radical (unpaired) electrons. The zero-order valence-corrected chi connectivity index (χ0v) is 15.2. The van der Waals surface area contributed by atoms with Crippen LogP contribution in [-0.4, -0.2) is 20.3 Å². The smallest absolute Gasteiger partial charge is 0.0405 e. The van der Waals surface area contributed by atoms with Crippen LogP contribution in [0.25, 0.3) is 6.08 Å². The van der Waals surface area contributed by atoms with Crippen LogP contribution in [0.15, 0.2) is 42.5 Å². The Labute approximate surface area is 145 Å². The first-order valence-electron chi connectivity index (χ1n) is 8.47. The lowest BCUT2D eigenvalue weighted by atomic mass is 9.78. The van der Waals surface area contributed by atoms with Gasteiger partial charge < -0.3 is 10.3 Å². The fraction of sp³-hybridized carbons (Fsp3) is 0.318. The number of anilines is 1. The maximum atomic E-state index is 8.12. The average molecular weight is 318 g/mol. The fourth-order valence-electron chi connectivity index (χ4n) is 3.73. The van der Waals surface area contributed by atoms with E-state index in [-0.39, 0.29) is 11.3 Å². The number of hydrogen-bond acceptors (Lipinski definition) is 2. The fourth-order valence-corrected chi connectivity index (χ4v) is 3.73. The molecule has 0 spiro atoms. The summed E-state index contributed by atoms with van der Waals surface area (Å²) in [5.74, 6) is 0.232. The standard InChI is InChI=1S/C22H26N2/c1-22(2,3)21-19(14-23)18(12-13-20(21)24(4)5)17-11-10-15-8-6-7-9-16(15)17/h6-14,17,23H,1-5H3. The zero-order chi connectivity index (χ0) is 17.5. The molecule has 0 aliphatic heterocycles. The van der Waals surface area contributed by atoms with Gasteiger partial charge in [-0.1, -0.05) is 63.3 Å². The minimum Gasteiger partial charge on any atom is -0.377 e. The third-order valence-corrected chi connectivity index (χ3v) is 4.77. The second kappa shape index (κ2) is 5.94. The van der Waals surface area contributed by atoms with Crippen molar-refractivity contribution in [3.05, 3.63) is 70.3 Å². The molecule has 3 rings (SSSR count). The number of fused-ring (bicyclic) bond motifs is 1. The van der Waals surface area contributed by atoms with Crippen molar-refractivity contribution in [3.8, 4) is 0 Å². The highest BCUT2D eigenvalue weighted by Crippen LogP contribution is 2.42. The van der Waals surface area contributed by atoms with Gasteiger partial charge in [-0.05, 0) is 33.7 Å². The van der Waals surface area contributed by atoms with Crippen LogP contribution >= 0.6 is 0 Å². The van der Waals surface area contributed by atoms with Crippen LogP contribution in [0.5, 0.6) is 0 Å². The molecule has 2 aromatic carbocycles. The molecule has 0 fully saturated rings. The number of allylic oxidation sites excluding steroid dienone is 1. The molecular formula is C22H26N2. The predicted octanol–water partition coefficient (Wildman–Crippen LogP) is 5.21. The Bertz CT molecular complexity index is 807. The maximum absolute atomic E-state index is 8.12. The SMILES string of the molecule is CN(C)c1ccc(C2C=Cc3ccccc32)c(C=N)c1C(C)(C)C. The van der Waals surface area contributed by atoms with Crippen LogP contribution in [0.2, 0.25) is 0 Å². The number of nitrogens with zero attached hydrogens (tertiary/aromatic N) is 1. The summed E-state index contributed by atoms with van der Waals surface area (Å²) in [6.45, 7) is 6.68. The molecule has 1 atom stereocenters. The van der Waals surface area contributed by atoms with E-state index in [1.54, 1.807) is 0 Å². The van der Waals surface area contributed by atoms with Crippen molar-refractivity contribution in [3.63, 3.8) is 0 Å². The second-order valence-corrected chi connectivity index (χ2v) is 7.72. The van der Waals surface area contributed by atoms with Gasteiger partial charge in [0.2, 0.25) is 0 Å². The number of rotatable bonds is 3. The first-order chi connectivity index (χ1) is 11.3. The molecule has 2 aromatic rings. The van der Waals surface area contributed by atoms with Crippen LogP contribution in [0.4, 0.5) is 5.69 Å². The summed E-state index contributed by atoms with van der Waals surface area (Å²) in [6, 6.07) is 12.9. The highest BCUT2D eigenvalue weighted by Gasteiger charge is 2.28. The Morgan fingerprint density at radius 1 is 1.00 bits per heavy atom. The summed E-state index contributed by atoms with van der Waals surface area (Å²) in [4.78, 5) is 2.15. The van der Waals surface area contributed by atoms with E-state index >= 15 is 0 Å². The van der Waals surface area contributed by atoms with Gasteiger partial charge in [-0.25, -0.2) is 0 Å². The molecule has 1 aliphatic rings. The van der Waals surface area contributed by atoms with Crippen molar-refractivity contribution in [1.29, 1.82) is 5.41 Å². The largest absolute Gasteiger partial charge is 0.377 e. The molecule has 0 aromatic heterocycles. The predicted molar refractivity (Wildman–Crippen MR) is 105 cm³/mol. The summed E-state index contributed by atoms with van der Waals surface area (Å²) >= 11 is 0. The van der Waals surface area contributed by atoms with Crippen molar-refractivity contribution in [1.82, 2.24) is 0 Å². The van der Waals surface area contributed by atoms with E-state index in [1.807, 2.05) is 0 Å². The van der Waals surface area contributed by atoms with Crippen LogP contribution in [0, 0.1) is 5.41 Å². The zero-order valence-electron chi connectivity index (χ0n) is 15.2. The number of nitrogens with one attached hydrogen (secondary N) is 1. The molecule has 1 unspecified atom stereocenters. The normalized spacial score (nSPS) is 16.1. The molecule has 124 valence electrons. The van der Waals surface area contributed by atoms with Gasteiger partial charge in [-0.2, -0.15) is 0 Å². The van der Waals surface area contributed by atoms with Crippen LogP contribution < -0.4 is 4.90 Å². The highest BCUT2D eigenvalue weighted by atomic mass is 15.1. The van der Waals surface area contributed by atoms with Gasteiger partial charge in [0.25, 0.3) is 0 Å². The molecule has 2 nitrogen and oxygen atoms in total. The Balaban J connectivity index is 2.25. The van der Waals surface area contributed by atoms with E-state index in [9.17, 15) is 0 Å².